The molecule has 0 bridgehead atoms. The highest BCUT2D eigenvalue weighted by Crippen LogP contribution is 2.38. The summed E-state index contributed by atoms with van der Waals surface area (Å²) in [6.07, 6.45) is 1.15. The number of carbonyl (C=O) groups excluding carboxylic acids is 1. The minimum Gasteiger partial charge on any atom is -0.493 e. The predicted octanol–water partition coefficient (Wildman–Crippen LogP) is 4.89. The van der Waals surface area contributed by atoms with E-state index in [1.165, 1.54) is 16.8 Å². The lowest BCUT2D eigenvalue weighted by Crippen LogP contribution is -2.29. The summed E-state index contributed by atoms with van der Waals surface area (Å²) >= 11 is 4.66. The average molecular weight is 571 g/mol. The number of hydrazone groups is 1. The number of ether oxygens (including phenoxy) is 2. The number of halogens is 1. The van der Waals surface area contributed by atoms with Gasteiger partial charge in [0.15, 0.2) is 16.7 Å². The molecular formula is C26H27BrN4O4S. The zero-order valence-corrected chi connectivity index (χ0v) is 22.9. The third-order valence-corrected chi connectivity index (χ3v) is 7.41. The summed E-state index contributed by atoms with van der Waals surface area (Å²) in [7, 11) is 3.17. The van der Waals surface area contributed by atoms with Crippen LogP contribution in [0, 0.1) is 6.92 Å². The molecule has 2 heterocycles. The molecule has 188 valence electrons. The van der Waals surface area contributed by atoms with Gasteiger partial charge in [-0.2, -0.15) is 5.10 Å². The molecule has 1 amide bonds. The summed E-state index contributed by atoms with van der Waals surface area (Å²) in [5, 5.41) is 6.67. The van der Waals surface area contributed by atoms with Crippen molar-refractivity contribution in [3.05, 3.63) is 79.7 Å². The maximum atomic E-state index is 13.4. The molecule has 1 atom stereocenters. The molecule has 0 spiro atoms. The first-order valence-corrected chi connectivity index (χ1v) is 13.2. The van der Waals surface area contributed by atoms with Crippen LogP contribution >= 0.6 is 27.7 Å². The molecule has 0 saturated heterocycles. The van der Waals surface area contributed by atoms with Gasteiger partial charge < -0.3 is 14.5 Å². The van der Waals surface area contributed by atoms with Crippen molar-refractivity contribution in [2.24, 2.45) is 5.10 Å². The fraction of sp³-hybridized carbons (Fsp3) is 0.308. The number of aromatic nitrogens is 2. The van der Waals surface area contributed by atoms with Gasteiger partial charge in [-0.1, -0.05) is 52.8 Å². The van der Waals surface area contributed by atoms with Crippen LogP contribution in [0.3, 0.4) is 0 Å². The van der Waals surface area contributed by atoms with Crippen molar-refractivity contribution in [2.75, 3.05) is 20.0 Å². The average Bonchev–Trinajstić information content (AvgIpc) is 3.32. The van der Waals surface area contributed by atoms with E-state index in [-0.39, 0.29) is 23.3 Å². The smallest absolute Gasteiger partial charge is 0.254 e. The summed E-state index contributed by atoms with van der Waals surface area (Å²) in [5.74, 6) is 1.09. The zero-order valence-electron chi connectivity index (χ0n) is 20.5. The third kappa shape index (κ3) is 5.49. The second-order valence-corrected chi connectivity index (χ2v) is 10.1. The number of H-pyrrole nitrogens is 1. The van der Waals surface area contributed by atoms with Gasteiger partial charge in [-0.3, -0.25) is 9.59 Å². The molecule has 10 heteroatoms. The first-order chi connectivity index (χ1) is 17.3. The SMILES string of the molecule is CCc1c(C)nc(SCC(=O)N2N=C(c3ccc(Br)cc3)CC2c2ccc(OC)c(OC)c2)[nH]c1=O. The van der Waals surface area contributed by atoms with Gasteiger partial charge in [0, 0.05) is 22.2 Å². The number of hydrogen-bond donors (Lipinski definition) is 1. The van der Waals surface area contributed by atoms with Crippen LogP contribution < -0.4 is 15.0 Å². The molecule has 0 saturated carbocycles. The molecule has 1 aliphatic heterocycles. The number of hydrogen-bond acceptors (Lipinski definition) is 7. The molecule has 1 unspecified atom stereocenters. The molecule has 1 aromatic heterocycles. The highest BCUT2D eigenvalue weighted by Gasteiger charge is 2.33. The van der Waals surface area contributed by atoms with Crippen LogP contribution in [0.4, 0.5) is 0 Å². The Bertz CT molecular complexity index is 1360. The van der Waals surface area contributed by atoms with E-state index >= 15 is 0 Å². The monoisotopic (exact) mass is 570 g/mol. The van der Waals surface area contributed by atoms with E-state index < -0.39 is 0 Å². The van der Waals surface area contributed by atoms with Crippen molar-refractivity contribution < 1.29 is 14.3 Å². The van der Waals surface area contributed by atoms with Gasteiger partial charge in [-0.05, 0) is 48.7 Å². The lowest BCUT2D eigenvalue weighted by Gasteiger charge is -2.22. The van der Waals surface area contributed by atoms with Gasteiger partial charge in [-0.15, -0.1) is 0 Å². The Hall–Kier alpha value is -3.11. The highest BCUT2D eigenvalue weighted by molar-refractivity contribution is 9.10. The number of methoxy groups -OCH3 is 2. The Balaban J connectivity index is 1.62. The fourth-order valence-electron chi connectivity index (χ4n) is 4.14. The van der Waals surface area contributed by atoms with Crippen LogP contribution in [0.25, 0.3) is 0 Å². The van der Waals surface area contributed by atoms with Gasteiger partial charge >= 0.3 is 0 Å². The number of aryl methyl sites for hydroxylation is 1. The van der Waals surface area contributed by atoms with Crippen LogP contribution in [0.2, 0.25) is 0 Å². The molecule has 8 nitrogen and oxygen atoms in total. The Morgan fingerprint density at radius 3 is 2.53 bits per heavy atom. The molecular weight excluding hydrogens is 544 g/mol. The maximum Gasteiger partial charge on any atom is 0.254 e. The minimum absolute atomic E-state index is 0.0781. The summed E-state index contributed by atoms with van der Waals surface area (Å²) in [6.45, 7) is 3.72. The van der Waals surface area contributed by atoms with E-state index in [1.807, 2.05) is 56.3 Å². The Labute approximate surface area is 222 Å². The van der Waals surface area contributed by atoms with Gasteiger partial charge in [0.25, 0.3) is 11.5 Å². The second-order valence-electron chi connectivity index (χ2n) is 8.20. The highest BCUT2D eigenvalue weighted by atomic mass is 79.9. The molecule has 0 fully saturated rings. The summed E-state index contributed by atoms with van der Waals surface area (Å²) in [6, 6.07) is 13.2. The number of aromatic amines is 1. The van der Waals surface area contributed by atoms with E-state index in [1.54, 1.807) is 14.2 Å². The van der Waals surface area contributed by atoms with E-state index in [9.17, 15) is 9.59 Å². The summed E-state index contributed by atoms with van der Waals surface area (Å²) < 4.78 is 11.8. The van der Waals surface area contributed by atoms with E-state index in [0.29, 0.717) is 40.8 Å². The lowest BCUT2D eigenvalue weighted by atomic mass is 9.98. The van der Waals surface area contributed by atoms with Gasteiger partial charge in [0.05, 0.1) is 31.7 Å². The second kappa shape index (κ2) is 11.3. The molecule has 3 aromatic rings. The zero-order chi connectivity index (χ0) is 25.8. The molecule has 1 aliphatic rings. The van der Waals surface area contributed by atoms with Crippen LogP contribution in [-0.4, -0.2) is 46.6 Å². The number of benzene rings is 2. The van der Waals surface area contributed by atoms with Crippen molar-refractivity contribution in [2.45, 2.75) is 37.9 Å². The van der Waals surface area contributed by atoms with Gasteiger partial charge in [-0.25, -0.2) is 9.99 Å². The minimum atomic E-state index is -0.312. The van der Waals surface area contributed by atoms with E-state index in [4.69, 9.17) is 14.6 Å². The van der Waals surface area contributed by atoms with Crippen molar-refractivity contribution in [3.8, 4) is 11.5 Å². The van der Waals surface area contributed by atoms with Crippen LogP contribution in [0.15, 0.2) is 62.0 Å². The van der Waals surface area contributed by atoms with Crippen LogP contribution in [0.1, 0.15) is 41.8 Å². The number of amides is 1. The van der Waals surface area contributed by atoms with Crippen LogP contribution in [0.5, 0.6) is 11.5 Å². The van der Waals surface area contributed by atoms with E-state index in [0.717, 1.165) is 21.3 Å². The number of nitrogens with one attached hydrogen (secondary N) is 1. The molecule has 0 aliphatic carbocycles. The third-order valence-electron chi connectivity index (χ3n) is 6.02. The van der Waals surface area contributed by atoms with Gasteiger partial charge in [0.1, 0.15) is 0 Å². The summed E-state index contributed by atoms with van der Waals surface area (Å²) in [4.78, 5) is 33.0. The first-order valence-electron chi connectivity index (χ1n) is 11.4. The van der Waals surface area contributed by atoms with Crippen molar-refractivity contribution in [1.82, 2.24) is 15.0 Å². The normalized spacial score (nSPS) is 15.1. The molecule has 36 heavy (non-hydrogen) atoms. The Morgan fingerprint density at radius 1 is 1.17 bits per heavy atom. The Kier molecular flexibility index (Phi) is 8.15. The summed E-state index contributed by atoms with van der Waals surface area (Å²) in [5.41, 5.74) is 3.81. The number of nitrogens with zero attached hydrogens (tertiary/aromatic N) is 3. The van der Waals surface area contributed by atoms with Crippen molar-refractivity contribution in [1.29, 1.82) is 0 Å². The van der Waals surface area contributed by atoms with Gasteiger partial charge in [0.2, 0.25) is 0 Å². The van der Waals surface area contributed by atoms with Crippen molar-refractivity contribution in [3.63, 3.8) is 0 Å². The fourth-order valence-corrected chi connectivity index (χ4v) is 5.17. The molecule has 2 aromatic carbocycles. The first kappa shape index (κ1) is 26.0. The number of carbonyl (C=O) groups is 1. The molecule has 4 rings (SSSR count). The predicted molar refractivity (Wildman–Crippen MR) is 144 cm³/mol. The standard InChI is InChI=1S/C26H27BrN4O4S/c1-5-19-15(2)28-26(29-25(19)33)36-14-24(32)31-21(17-8-11-22(34-3)23(12-17)35-4)13-20(30-31)16-6-9-18(27)10-7-16/h6-12,21H,5,13-14H2,1-4H3,(H,28,29,33). The largest absolute Gasteiger partial charge is 0.493 e. The van der Waals surface area contributed by atoms with Crippen LogP contribution in [-0.2, 0) is 11.2 Å². The van der Waals surface area contributed by atoms with Crippen molar-refractivity contribution >= 4 is 39.3 Å². The number of rotatable bonds is 8. The topological polar surface area (TPSA) is 96.9 Å². The Morgan fingerprint density at radius 2 is 1.89 bits per heavy atom. The number of thioether (sulfide) groups is 1. The molecule has 0 radical (unpaired) electrons. The maximum absolute atomic E-state index is 13.4. The van der Waals surface area contributed by atoms with E-state index in [2.05, 4.69) is 25.9 Å². The quantitative estimate of drug-likeness (QED) is 0.306. The lowest BCUT2D eigenvalue weighted by molar-refractivity contribution is -0.130. The molecule has 1 N–H and O–H groups in total.